The summed E-state index contributed by atoms with van der Waals surface area (Å²) in [6, 6.07) is 2.38. The zero-order chi connectivity index (χ0) is 14.5. The van der Waals surface area contributed by atoms with Crippen LogP contribution in [0.25, 0.3) is 0 Å². The summed E-state index contributed by atoms with van der Waals surface area (Å²) in [4.78, 5) is 14.5. The minimum Gasteiger partial charge on any atom is -0.295 e. The van der Waals surface area contributed by atoms with Gasteiger partial charge in [0, 0.05) is 11.9 Å². The minimum absolute atomic E-state index is 0.0236. The van der Waals surface area contributed by atoms with E-state index in [1.165, 1.54) is 30.8 Å². The van der Waals surface area contributed by atoms with Gasteiger partial charge >= 0.3 is 6.18 Å². The zero-order valence-corrected chi connectivity index (χ0v) is 11.4. The maximum absolute atomic E-state index is 12.3. The van der Waals surface area contributed by atoms with Crippen LogP contribution >= 0.6 is 11.8 Å². The topological polar surface area (TPSA) is 30.0 Å². The third kappa shape index (κ3) is 5.92. The van der Waals surface area contributed by atoms with E-state index < -0.39 is 11.7 Å². The molecule has 0 aromatic carbocycles. The summed E-state index contributed by atoms with van der Waals surface area (Å²) in [5, 5.41) is 0.538. The van der Waals surface area contributed by atoms with E-state index >= 15 is 0 Å². The molecule has 1 aromatic rings. The van der Waals surface area contributed by atoms with Gasteiger partial charge in [-0.3, -0.25) is 4.79 Å². The molecular weight excluding hydrogens is 275 g/mol. The van der Waals surface area contributed by atoms with Crippen molar-refractivity contribution in [1.29, 1.82) is 0 Å². The maximum Gasteiger partial charge on any atom is 0.417 e. The van der Waals surface area contributed by atoms with E-state index in [9.17, 15) is 18.0 Å². The van der Waals surface area contributed by atoms with Crippen LogP contribution in [0.4, 0.5) is 13.2 Å². The number of nitrogens with zero attached hydrogens (tertiary/aromatic N) is 1. The molecule has 2 nitrogen and oxygen atoms in total. The first-order chi connectivity index (χ1) is 8.79. The highest BCUT2D eigenvalue weighted by molar-refractivity contribution is 7.99. The van der Waals surface area contributed by atoms with Gasteiger partial charge < -0.3 is 0 Å². The van der Waals surface area contributed by atoms with Crippen LogP contribution in [0.1, 0.15) is 19.4 Å². The predicted molar refractivity (Wildman–Crippen MR) is 68.9 cm³/mol. The molecule has 0 N–H and O–H groups in total. The van der Waals surface area contributed by atoms with Crippen LogP contribution in [-0.2, 0) is 11.0 Å². The normalized spacial score (nSPS) is 13.7. The number of halogens is 3. The number of carbonyl (C=O) groups is 1. The highest BCUT2D eigenvalue weighted by atomic mass is 32.2. The van der Waals surface area contributed by atoms with E-state index in [1.807, 2.05) is 6.92 Å². The lowest BCUT2D eigenvalue weighted by Gasteiger charge is -2.08. The Balaban J connectivity index is 2.53. The predicted octanol–water partition coefficient (Wildman–Crippen LogP) is 3.97. The van der Waals surface area contributed by atoms with Crippen LogP contribution in [0.5, 0.6) is 0 Å². The summed E-state index contributed by atoms with van der Waals surface area (Å²) < 4.78 is 37.0. The summed E-state index contributed by atoms with van der Waals surface area (Å²) in [6.45, 7) is 3.39. The minimum atomic E-state index is -4.35. The van der Waals surface area contributed by atoms with Crippen molar-refractivity contribution in [2.45, 2.75) is 25.0 Å². The molecule has 0 spiro atoms. The van der Waals surface area contributed by atoms with Crippen molar-refractivity contribution in [3.63, 3.8) is 0 Å². The molecule has 1 atom stereocenters. The van der Waals surface area contributed by atoms with Gasteiger partial charge in [0.05, 0.1) is 10.6 Å². The van der Waals surface area contributed by atoms with Gasteiger partial charge in [0.2, 0.25) is 0 Å². The second-order valence-corrected chi connectivity index (χ2v) is 5.18. The van der Waals surface area contributed by atoms with Crippen LogP contribution < -0.4 is 0 Å². The van der Waals surface area contributed by atoms with E-state index in [4.69, 9.17) is 0 Å². The highest BCUT2D eigenvalue weighted by Gasteiger charge is 2.30. The standard InChI is InChI=1S/C13H14F3NOS/c1-9(3-4-10(2)18)8-19-12-6-5-11(7-17-12)13(14,15)16/h3-7,9H,8H2,1-2H3/b4-3+. The largest absolute Gasteiger partial charge is 0.417 e. The fourth-order valence-electron chi connectivity index (χ4n) is 1.21. The lowest BCUT2D eigenvalue weighted by atomic mass is 10.2. The van der Waals surface area contributed by atoms with E-state index in [2.05, 4.69) is 4.98 Å². The molecular formula is C13H14F3NOS. The number of alkyl halides is 3. The number of pyridine rings is 1. The Morgan fingerprint density at radius 1 is 1.47 bits per heavy atom. The summed E-state index contributed by atoms with van der Waals surface area (Å²) >= 11 is 1.36. The SMILES string of the molecule is CC(=O)/C=C/C(C)CSc1ccc(C(F)(F)F)cn1. The number of thioether (sulfide) groups is 1. The molecule has 19 heavy (non-hydrogen) atoms. The van der Waals surface area contributed by atoms with E-state index in [1.54, 1.807) is 6.08 Å². The van der Waals surface area contributed by atoms with E-state index in [0.717, 1.165) is 12.3 Å². The average molecular weight is 289 g/mol. The van der Waals surface area contributed by atoms with Gasteiger partial charge in [-0.1, -0.05) is 13.0 Å². The third-order valence-corrected chi connectivity index (χ3v) is 3.45. The van der Waals surface area contributed by atoms with Crippen molar-refractivity contribution < 1.29 is 18.0 Å². The quantitative estimate of drug-likeness (QED) is 0.607. The van der Waals surface area contributed by atoms with Crippen molar-refractivity contribution in [3.05, 3.63) is 36.0 Å². The molecule has 0 aliphatic heterocycles. The average Bonchev–Trinajstić information content (AvgIpc) is 2.33. The van der Waals surface area contributed by atoms with Crippen LogP contribution in [0, 0.1) is 5.92 Å². The van der Waals surface area contributed by atoms with E-state index in [-0.39, 0.29) is 11.7 Å². The number of hydrogen-bond acceptors (Lipinski definition) is 3. The van der Waals surface area contributed by atoms with Gasteiger partial charge in [-0.2, -0.15) is 13.2 Å². The second-order valence-electron chi connectivity index (χ2n) is 4.14. The monoisotopic (exact) mass is 289 g/mol. The Labute approximate surface area is 114 Å². The van der Waals surface area contributed by atoms with Crippen LogP contribution in [0.15, 0.2) is 35.5 Å². The number of hydrogen-bond donors (Lipinski definition) is 0. The molecule has 1 aromatic heterocycles. The third-order valence-electron chi connectivity index (χ3n) is 2.22. The zero-order valence-electron chi connectivity index (χ0n) is 10.6. The molecule has 0 radical (unpaired) electrons. The first kappa shape index (κ1) is 15.8. The van der Waals surface area contributed by atoms with Gasteiger partial charge in [0.1, 0.15) is 0 Å². The molecule has 0 bridgehead atoms. The van der Waals surface area contributed by atoms with Crippen LogP contribution in [-0.4, -0.2) is 16.5 Å². The smallest absolute Gasteiger partial charge is 0.295 e. The lowest BCUT2D eigenvalue weighted by Crippen LogP contribution is -2.05. The number of ketones is 1. The number of carbonyl (C=O) groups excluding carboxylic acids is 1. The van der Waals surface area contributed by atoms with Crippen molar-refractivity contribution in [2.24, 2.45) is 5.92 Å². The van der Waals surface area contributed by atoms with Crippen LogP contribution in [0.2, 0.25) is 0 Å². The van der Waals surface area contributed by atoms with Gasteiger partial charge in [-0.05, 0) is 31.1 Å². The molecule has 104 valence electrons. The number of allylic oxidation sites excluding steroid dienone is 2. The molecule has 0 amide bonds. The van der Waals surface area contributed by atoms with Gasteiger partial charge in [0.15, 0.2) is 5.78 Å². The van der Waals surface area contributed by atoms with Crippen molar-refractivity contribution in [3.8, 4) is 0 Å². The molecule has 0 saturated heterocycles. The van der Waals surface area contributed by atoms with Gasteiger partial charge in [-0.25, -0.2) is 4.98 Å². The summed E-state index contributed by atoms with van der Waals surface area (Å²) in [5.74, 6) is 0.782. The molecule has 1 heterocycles. The Kier molecular flexibility index (Phi) is 5.60. The van der Waals surface area contributed by atoms with Crippen molar-refractivity contribution in [2.75, 3.05) is 5.75 Å². The highest BCUT2D eigenvalue weighted by Crippen LogP contribution is 2.29. The molecule has 1 unspecified atom stereocenters. The lowest BCUT2D eigenvalue weighted by molar-refractivity contribution is -0.137. The Morgan fingerprint density at radius 3 is 2.63 bits per heavy atom. The second kappa shape index (κ2) is 6.75. The molecule has 6 heteroatoms. The van der Waals surface area contributed by atoms with Gasteiger partial charge in [0.25, 0.3) is 0 Å². The summed E-state index contributed by atoms with van der Waals surface area (Å²) in [7, 11) is 0. The Bertz CT molecular complexity index is 454. The summed E-state index contributed by atoms with van der Waals surface area (Å²) in [6.07, 6.45) is -0.253. The molecule has 0 aliphatic rings. The van der Waals surface area contributed by atoms with Crippen LogP contribution in [0.3, 0.4) is 0 Å². The molecule has 1 rings (SSSR count). The Morgan fingerprint density at radius 2 is 2.16 bits per heavy atom. The first-order valence-electron chi connectivity index (χ1n) is 5.64. The number of rotatable bonds is 5. The Hall–Kier alpha value is -1.30. The molecule has 0 saturated carbocycles. The number of aromatic nitrogens is 1. The van der Waals surface area contributed by atoms with Crippen molar-refractivity contribution >= 4 is 17.5 Å². The fourth-order valence-corrected chi connectivity index (χ4v) is 2.04. The maximum atomic E-state index is 12.3. The fraction of sp³-hybridized carbons (Fsp3) is 0.385. The summed E-state index contributed by atoms with van der Waals surface area (Å²) in [5.41, 5.74) is -0.749. The first-order valence-corrected chi connectivity index (χ1v) is 6.62. The molecule has 0 aliphatic carbocycles. The van der Waals surface area contributed by atoms with E-state index in [0.29, 0.717) is 10.8 Å². The van der Waals surface area contributed by atoms with Gasteiger partial charge in [-0.15, -0.1) is 11.8 Å². The van der Waals surface area contributed by atoms with Crippen molar-refractivity contribution in [1.82, 2.24) is 4.98 Å². The molecule has 0 fully saturated rings.